The van der Waals surface area contributed by atoms with Crippen LogP contribution in [0, 0.1) is 17.5 Å². The van der Waals surface area contributed by atoms with Gasteiger partial charge in [-0.15, -0.1) is 0 Å². The monoisotopic (exact) mass is 430 g/mol. The summed E-state index contributed by atoms with van der Waals surface area (Å²) in [5.41, 5.74) is -1.14. The number of nitrogens with one attached hydrogen (secondary N) is 2. The van der Waals surface area contributed by atoms with E-state index in [9.17, 15) is 26.4 Å². The molecular formula is C18H17F3N2O5S. The molecule has 0 aliphatic carbocycles. The van der Waals surface area contributed by atoms with Crippen molar-refractivity contribution >= 4 is 21.6 Å². The molecule has 2 N–H and O–H groups in total. The Kier molecular flexibility index (Phi) is 6.10. The van der Waals surface area contributed by atoms with Crippen LogP contribution < -0.4 is 14.8 Å². The minimum Gasteiger partial charge on any atom is -0.496 e. The largest absolute Gasteiger partial charge is 0.496 e. The van der Waals surface area contributed by atoms with Crippen molar-refractivity contribution in [1.82, 2.24) is 4.72 Å². The number of rotatable bonds is 6. The van der Waals surface area contributed by atoms with Gasteiger partial charge in [0.25, 0.3) is 5.91 Å². The number of benzene rings is 2. The van der Waals surface area contributed by atoms with Gasteiger partial charge in [-0.2, -0.15) is 0 Å². The topological polar surface area (TPSA) is 93.7 Å². The molecule has 29 heavy (non-hydrogen) atoms. The van der Waals surface area contributed by atoms with Crippen molar-refractivity contribution in [2.24, 2.45) is 0 Å². The van der Waals surface area contributed by atoms with Gasteiger partial charge in [0.1, 0.15) is 17.3 Å². The van der Waals surface area contributed by atoms with Gasteiger partial charge in [-0.25, -0.2) is 26.3 Å². The third kappa shape index (κ3) is 4.69. The molecule has 1 amide bonds. The molecule has 11 heteroatoms. The van der Waals surface area contributed by atoms with Crippen molar-refractivity contribution in [1.29, 1.82) is 0 Å². The van der Waals surface area contributed by atoms with Crippen LogP contribution in [-0.2, 0) is 14.8 Å². The molecule has 156 valence electrons. The summed E-state index contributed by atoms with van der Waals surface area (Å²) in [6, 6.07) is 3.90. The molecule has 2 aromatic rings. The van der Waals surface area contributed by atoms with Crippen LogP contribution >= 0.6 is 0 Å². The molecule has 1 fully saturated rings. The lowest BCUT2D eigenvalue weighted by molar-refractivity contribution is 0.102. The summed E-state index contributed by atoms with van der Waals surface area (Å²) in [4.78, 5) is 12.3. The molecule has 0 unspecified atom stereocenters. The Labute approximate surface area is 164 Å². The molecule has 0 aromatic heterocycles. The van der Waals surface area contributed by atoms with Gasteiger partial charge in [-0.1, -0.05) is 0 Å². The Balaban J connectivity index is 1.92. The molecule has 1 saturated heterocycles. The van der Waals surface area contributed by atoms with Crippen LogP contribution in [0.5, 0.6) is 5.75 Å². The van der Waals surface area contributed by atoms with Gasteiger partial charge in [0.15, 0.2) is 11.6 Å². The molecule has 3 rings (SSSR count). The number of hydrogen-bond donors (Lipinski definition) is 2. The average Bonchev–Trinajstić information content (AvgIpc) is 3.16. The summed E-state index contributed by atoms with van der Waals surface area (Å²) in [6.07, 6.45) is 0.506. The number of hydrogen-bond acceptors (Lipinski definition) is 5. The molecule has 0 bridgehead atoms. The lowest BCUT2D eigenvalue weighted by Crippen LogP contribution is -2.35. The predicted molar refractivity (Wildman–Crippen MR) is 96.8 cm³/mol. The third-order valence-corrected chi connectivity index (χ3v) is 5.74. The number of methoxy groups -OCH3 is 1. The highest BCUT2D eigenvalue weighted by molar-refractivity contribution is 7.89. The predicted octanol–water partition coefficient (Wildman–Crippen LogP) is 2.43. The summed E-state index contributed by atoms with van der Waals surface area (Å²) in [6.45, 7) is 0.657. The second kappa shape index (κ2) is 8.39. The minimum atomic E-state index is -3.98. The van der Waals surface area contributed by atoms with E-state index in [0.29, 0.717) is 25.2 Å². The fraction of sp³-hybridized carbons (Fsp3) is 0.278. The third-order valence-electron chi connectivity index (χ3n) is 4.22. The molecule has 0 saturated carbocycles. The lowest BCUT2D eigenvalue weighted by atomic mass is 10.1. The Hall–Kier alpha value is -2.63. The maximum Gasteiger partial charge on any atom is 0.259 e. The van der Waals surface area contributed by atoms with Crippen molar-refractivity contribution in [3.05, 3.63) is 53.3 Å². The van der Waals surface area contributed by atoms with Gasteiger partial charge in [0, 0.05) is 24.8 Å². The summed E-state index contributed by atoms with van der Waals surface area (Å²) in [5.74, 6) is -4.84. The fourth-order valence-corrected chi connectivity index (χ4v) is 4.07. The quantitative estimate of drug-likeness (QED) is 0.734. The van der Waals surface area contributed by atoms with Gasteiger partial charge in [-0.3, -0.25) is 4.79 Å². The minimum absolute atomic E-state index is 0.0198. The van der Waals surface area contributed by atoms with Crippen molar-refractivity contribution in [3.8, 4) is 5.75 Å². The van der Waals surface area contributed by atoms with E-state index in [1.165, 1.54) is 19.2 Å². The van der Waals surface area contributed by atoms with E-state index in [1.807, 2.05) is 5.32 Å². The van der Waals surface area contributed by atoms with Gasteiger partial charge in [0.2, 0.25) is 10.0 Å². The number of carbonyl (C=O) groups excluding carboxylic acids is 1. The lowest BCUT2D eigenvalue weighted by Gasteiger charge is -2.14. The van der Waals surface area contributed by atoms with E-state index >= 15 is 0 Å². The van der Waals surface area contributed by atoms with E-state index in [4.69, 9.17) is 9.47 Å². The van der Waals surface area contributed by atoms with Crippen molar-refractivity contribution in [2.75, 3.05) is 25.6 Å². The zero-order chi connectivity index (χ0) is 21.2. The molecule has 1 heterocycles. The Bertz CT molecular complexity index is 1020. The summed E-state index contributed by atoms with van der Waals surface area (Å²) in [5, 5.41) is 1.98. The number of carbonyl (C=O) groups is 1. The summed E-state index contributed by atoms with van der Waals surface area (Å²) in [7, 11) is -2.74. The SMILES string of the molecule is COc1ccc(S(=O)(=O)N[C@H]2CCOC2)cc1C(=O)Nc1c(F)cc(F)cc1F. The second-order valence-electron chi connectivity index (χ2n) is 6.24. The van der Waals surface area contributed by atoms with Crippen LogP contribution in [0.4, 0.5) is 18.9 Å². The Morgan fingerprint density at radius 3 is 2.45 bits per heavy atom. The number of sulfonamides is 1. The maximum atomic E-state index is 13.8. The summed E-state index contributed by atoms with van der Waals surface area (Å²) >= 11 is 0. The maximum absolute atomic E-state index is 13.8. The highest BCUT2D eigenvalue weighted by atomic mass is 32.2. The highest BCUT2D eigenvalue weighted by Crippen LogP contribution is 2.26. The summed E-state index contributed by atoms with van der Waals surface area (Å²) < 4.78 is 78.4. The molecule has 7 nitrogen and oxygen atoms in total. The van der Waals surface area contributed by atoms with E-state index in [0.717, 1.165) is 6.07 Å². The van der Waals surface area contributed by atoms with Crippen LogP contribution in [0.3, 0.4) is 0 Å². The number of anilines is 1. The van der Waals surface area contributed by atoms with Crippen molar-refractivity contribution in [2.45, 2.75) is 17.4 Å². The first-order valence-corrected chi connectivity index (χ1v) is 9.93. The Morgan fingerprint density at radius 2 is 1.86 bits per heavy atom. The molecule has 0 spiro atoms. The molecule has 0 radical (unpaired) electrons. The molecule has 1 aliphatic rings. The fourth-order valence-electron chi connectivity index (χ4n) is 2.79. The van der Waals surface area contributed by atoms with Gasteiger partial charge < -0.3 is 14.8 Å². The number of amides is 1. The standard InChI is InChI=1S/C18H17F3N2O5S/c1-27-16-3-2-12(29(25,26)23-11-4-5-28-9-11)8-13(16)18(24)22-17-14(20)6-10(19)7-15(17)21/h2-3,6-8,11,23H,4-5,9H2,1H3,(H,22,24)/t11-/m0/s1. The van der Waals surface area contributed by atoms with Crippen molar-refractivity contribution in [3.63, 3.8) is 0 Å². The first kappa shape index (κ1) is 21.1. The van der Waals surface area contributed by atoms with E-state index in [1.54, 1.807) is 0 Å². The molecule has 1 atom stereocenters. The zero-order valence-electron chi connectivity index (χ0n) is 15.2. The molecule has 2 aromatic carbocycles. The highest BCUT2D eigenvalue weighted by Gasteiger charge is 2.26. The smallest absolute Gasteiger partial charge is 0.259 e. The van der Waals surface area contributed by atoms with Gasteiger partial charge in [-0.05, 0) is 24.6 Å². The van der Waals surface area contributed by atoms with Crippen LogP contribution in [-0.4, -0.2) is 40.7 Å². The van der Waals surface area contributed by atoms with Crippen LogP contribution in [0.2, 0.25) is 0 Å². The Morgan fingerprint density at radius 1 is 1.17 bits per heavy atom. The van der Waals surface area contributed by atoms with Gasteiger partial charge in [0.05, 0.1) is 24.2 Å². The number of halogens is 3. The molecular weight excluding hydrogens is 413 g/mol. The normalized spacial score (nSPS) is 16.6. The van der Waals surface area contributed by atoms with Gasteiger partial charge >= 0.3 is 0 Å². The first-order valence-electron chi connectivity index (χ1n) is 8.45. The van der Waals surface area contributed by atoms with Crippen LogP contribution in [0.1, 0.15) is 16.8 Å². The number of ether oxygens (including phenoxy) is 2. The zero-order valence-corrected chi connectivity index (χ0v) is 16.0. The average molecular weight is 430 g/mol. The van der Waals surface area contributed by atoms with E-state index in [-0.39, 0.29) is 22.8 Å². The van der Waals surface area contributed by atoms with E-state index < -0.39 is 45.1 Å². The van der Waals surface area contributed by atoms with Crippen LogP contribution in [0.25, 0.3) is 0 Å². The van der Waals surface area contributed by atoms with E-state index in [2.05, 4.69) is 4.72 Å². The van der Waals surface area contributed by atoms with Crippen LogP contribution in [0.15, 0.2) is 35.2 Å². The molecule has 1 aliphatic heterocycles. The van der Waals surface area contributed by atoms with Crippen molar-refractivity contribution < 1.29 is 35.9 Å². The second-order valence-corrected chi connectivity index (χ2v) is 7.96. The first-order chi connectivity index (χ1) is 13.7.